The standard InChI is InChI=1S/C16H19N3O/c1-17-11-12-5-4-10-19(12)16(20)14-6-2-8-15-13(14)7-3-9-18-15/h2-3,6-9,12,17H,4-5,10-11H2,1H3. The lowest BCUT2D eigenvalue weighted by Gasteiger charge is -2.25. The predicted octanol–water partition coefficient (Wildman–Crippen LogP) is 2.06. The molecule has 1 aromatic carbocycles. The molecule has 0 bridgehead atoms. The van der Waals surface area contributed by atoms with Crippen molar-refractivity contribution in [2.75, 3.05) is 20.1 Å². The molecule has 1 aliphatic rings. The summed E-state index contributed by atoms with van der Waals surface area (Å²) in [4.78, 5) is 19.1. The fourth-order valence-corrected chi connectivity index (χ4v) is 3.00. The van der Waals surface area contributed by atoms with E-state index in [-0.39, 0.29) is 5.91 Å². The zero-order valence-corrected chi connectivity index (χ0v) is 11.7. The lowest BCUT2D eigenvalue weighted by atomic mass is 10.1. The van der Waals surface area contributed by atoms with E-state index < -0.39 is 0 Å². The number of carbonyl (C=O) groups excluding carboxylic acids is 1. The molecule has 1 aliphatic heterocycles. The molecule has 4 nitrogen and oxygen atoms in total. The van der Waals surface area contributed by atoms with E-state index in [4.69, 9.17) is 0 Å². The molecule has 3 rings (SSSR count). The normalized spacial score (nSPS) is 18.6. The SMILES string of the molecule is CNCC1CCCN1C(=O)c1cccc2ncccc12. The van der Waals surface area contributed by atoms with Crippen molar-refractivity contribution in [3.05, 3.63) is 42.1 Å². The molecule has 0 aliphatic carbocycles. The van der Waals surface area contributed by atoms with E-state index in [0.29, 0.717) is 6.04 Å². The third kappa shape index (κ3) is 2.27. The Hall–Kier alpha value is -1.94. The molecule has 1 atom stereocenters. The molecule has 1 saturated heterocycles. The van der Waals surface area contributed by atoms with E-state index in [1.165, 1.54) is 0 Å². The van der Waals surface area contributed by atoms with Gasteiger partial charge in [-0.3, -0.25) is 9.78 Å². The van der Waals surface area contributed by atoms with Crippen LogP contribution in [-0.4, -0.2) is 42.0 Å². The van der Waals surface area contributed by atoms with Gasteiger partial charge in [0.1, 0.15) is 0 Å². The number of rotatable bonds is 3. The van der Waals surface area contributed by atoms with Crippen molar-refractivity contribution in [3.8, 4) is 0 Å². The summed E-state index contributed by atoms with van der Waals surface area (Å²) in [6.07, 6.45) is 3.92. The van der Waals surface area contributed by atoms with Crippen LogP contribution in [0, 0.1) is 0 Å². The van der Waals surface area contributed by atoms with Crippen molar-refractivity contribution in [1.82, 2.24) is 15.2 Å². The minimum atomic E-state index is 0.126. The number of carbonyl (C=O) groups is 1. The topological polar surface area (TPSA) is 45.2 Å². The zero-order valence-electron chi connectivity index (χ0n) is 11.7. The van der Waals surface area contributed by atoms with Crippen LogP contribution in [0.2, 0.25) is 0 Å². The molecule has 2 aromatic rings. The smallest absolute Gasteiger partial charge is 0.254 e. The van der Waals surface area contributed by atoms with Gasteiger partial charge in [-0.05, 0) is 38.1 Å². The van der Waals surface area contributed by atoms with Gasteiger partial charge in [-0.25, -0.2) is 0 Å². The van der Waals surface area contributed by atoms with Crippen LogP contribution in [0.1, 0.15) is 23.2 Å². The Balaban J connectivity index is 1.96. The summed E-state index contributed by atoms with van der Waals surface area (Å²) in [5, 5.41) is 4.12. The van der Waals surface area contributed by atoms with Crippen LogP contribution in [0.5, 0.6) is 0 Å². The Kier molecular flexibility index (Phi) is 3.65. The Morgan fingerprint density at radius 1 is 1.40 bits per heavy atom. The minimum absolute atomic E-state index is 0.126. The highest BCUT2D eigenvalue weighted by Crippen LogP contribution is 2.23. The predicted molar refractivity (Wildman–Crippen MR) is 79.7 cm³/mol. The Bertz CT molecular complexity index is 621. The molecule has 2 heterocycles. The third-order valence-electron chi connectivity index (χ3n) is 3.95. The van der Waals surface area contributed by atoms with Crippen LogP contribution in [-0.2, 0) is 0 Å². The van der Waals surface area contributed by atoms with E-state index in [2.05, 4.69) is 10.3 Å². The number of fused-ring (bicyclic) bond motifs is 1. The minimum Gasteiger partial charge on any atom is -0.334 e. The molecule has 20 heavy (non-hydrogen) atoms. The molecule has 1 amide bonds. The van der Waals surface area contributed by atoms with Gasteiger partial charge in [0.2, 0.25) is 0 Å². The fraction of sp³-hybridized carbons (Fsp3) is 0.375. The number of aromatic nitrogens is 1. The maximum Gasteiger partial charge on any atom is 0.254 e. The highest BCUT2D eigenvalue weighted by molar-refractivity contribution is 6.06. The molecule has 4 heteroatoms. The summed E-state index contributed by atoms with van der Waals surface area (Å²) < 4.78 is 0. The van der Waals surface area contributed by atoms with Gasteiger partial charge in [-0.15, -0.1) is 0 Å². The maximum atomic E-state index is 12.8. The van der Waals surface area contributed by atoms with Crippen LogP contribution in [0.4, 0.5) is 0 Å². The summed E-state index contributed by atoms with van der Waals surface area (Å²) in [5.74, 6) is 0.126. The van der Waals surface area contributed by atoms with Crippen LogP contribution in [0.15, 0.2) is 36.5 Å². The number of likely N-dealkylation sites (tertiary alicyclic amines) is 1. The monoisotopic (exact) mass is 269 g/mol. The Morgan fingerprint density at radius 3 is 3.15 bits per heavy atom. The molecular formula is C16H19N3O. The summed E-state index contributed by atoms with van der Waals surface area (Å²) in [7, 11) is 1.93. The number of hydrogen-bond donors (Lipinski definition) is 1. The number of amides is 1. The van der Waals surface area contributed by atoms with Gasteiger partial charge in [0, 0.05) is 36.3 Å². The molecule has 1 unspecified atom stereocenters. The van der Waals surface area contributed by atoms with E-state index in [9.17, 15) is 4.79 Å². The molecular weight excluding hydrogens is 250 g/mol. The van der Waals surface area contributed by atoms with Crippen molar-refractivity contribution in [2.45, 2.75) is 18.9 Å². The van der Waals surface area contributed by atoms with E-state index in [0.717, 1.165) is 42.4 Å². The van der Waals surface area contributed by atoms with Crippen LogP contribution in [0.3, 0.4) is 0 Å². The molecule has 1 aromatic heterocycles. The first-order valence-electron chi connectivity index (χ1n) is 7.10. The molecule has 0 radical (unpaired) electrons. The second-order valence-corrected chi connectivity index (χ2v) is 5.23. The lowest BCUT2D eigenvalue weighted by molar-refractivity contribution is 0.0739. The van der Waals surface area contributed by atoms with Gasteiger partial charge in [0.05, 0.1) is 5.52 Å². The fourth-order valence-electron chi connectivity index (χ4n) is 3.00. The van der Waals surface area contributed by atoms with Crippen LogP contribution in [0.25, 0.3) is 10.9 Å². The second-order valence-electron chi connectivity index (χ2n) is 5.23. The van der Waals surface area contributed by atoms with Gasteiger partial charge in [0.15, 0.2) is 0 Å². The molecule has 1 N–H and O–H groups in total. The lowest BCUT2D eigenvalue weighted by Crippen LogP contribution is -2.40. The number of likely N-dealkylation sites (N-methyl/N-ethyl adjacent to an activating group) is 1. The molecule has 0 spiro atoms. The van der Waals surface area contributed by atoms with Crippen molar-refractivity contribution in [1.29, 1.82) is 0 Å². The quantitative estimate of drug-likeness (QED) is 0.927. The number of hydrogen-bond acceptors (Lipinski definition) is 3. The molecule has 104 valence electrons. The highest BCUT2D eigenvalue weighted by Gasteiger charge is 2.29. The Labute approximate surface area is 118 Å². The summed E-state index contributed by atoms with van der Waals surface area (Å²) in [6.45, 7) is 1.70. The van der Waals surface area contributed by atoms with Crippen LogP contribution >= 0.6 is 0 Å². The second kappa shape index (κ2) is 5.59. The van der Waals surface area contributed by atoms with Crippen molar-refractivity contribution in [2.24, 2.45) is 0 Å². The number of nitrogens with one attached hydrogen (secondary N) is 1. The zero-order chi connectivity index (χ0) is 13.9. The third-order valence-corrected chi connectivity index (χ3v) is 3.95. The highest BCUT2D eigenvalue weighted by atomic mass is 16.2. The summed E-state index contributed by atoms with van der Waals surface area (Å²) >= 11 is 0. The summed E-state index contributed by atoms with van der Waals surface area (Å²) in [5.41, 5.74) is 1.64. The number of nitrogens with zero attached hydrogens (tertiary/aromatic N) is 2. The average molecular weight is 269 g/mol. The van der Waals surface area contributed by atoms with Gasteiger partial charge in [0.25, 0.3) is 5.91 Å². The number of pyridine rings is 1. The first kappa shape index (κ1) is 13.1. The van der Waals surface area contributed by atoms with E-state index in [1.807, 2.05) is 42.3 Å². The van der Waals surface area contributed by atoms with Gasteiger partial charge < -0.3 is 10.2 Å². The van der Waals surface area contributed by atoms with Crippen molar-refractivity contribution in [3.63, 3.8) is 0 Å². The van der Waals surface area contributed by atoms with Gasteiger partial charge in [-0.1, -0.05) is 12.1 Å². The average Bonchev–Trinajstić information content (AvgIpc) is 2.94. The van der Waals surface area contributed by atoms with Gasteiger partial charge in [-0.2, -0.15) is 0 Å². The molecule has 1 fully saturated rings. The first-order valence-corrected chi connectivity index (χ1v) is 7.10. The molecule has 0 saturated carbocycles. The first-order chi connectivity index (χ1) is 9.81. The van der Waals surface area contributed by atoms with E-state index in [1.54, 1.807) is 6.20 Å². The number of benzene rings is 1. The van der Waals surface area contributed by atoms with Crippen LogP contribution < -0.4 is 5.32 Å². The Morgan fingerprint density at radius 2 is 2.30 bits per heavy atom. The summed E-state index contributed by atoms with van der Waals surface area (Å²) in [6, 6.07) is 9.92. The van der Waals surface area contributed by atoms with Crippen molar-refractivity contribution < 1.29 is 4.79 Å². The maximum absolute atomic E-state index is 12.8. The van der Waals surface area contributed by atoms with E-state index >= 15 is 0 Å². The van der Waals surface area contributed by atoms with Gasteiger partial charge >= 0.3 is 0 Å². The largest absolute Gasteiger partial charge is 0.334 e. The van der Waals surface area contributed by atoms with Crippen molar-refractivity contribution >= 4 is 16.8 Å².